The van der Waals surface area contributed by atoms with Crippen LogP contribution in [0.25, 0.3) is 0 Å². The van der Waals surface area contributed by atoms with Gasteiger partial charge in [-0.2, -0.15) is 0 Å². The van der Waals surface area contributed by atoms with Crippen LogP contribution >= 0.6 is 0 Å². The Morgan fingerprint density at radius 1 is 0.957 bits per heavy atom. The molecule has 1 N–H and O–H groups in total. The van der Waals surface area contributed by atoms with E-state index in [-0.39, 0.29) is 11.9 Å². The monoisotopic (exact) mass is 313 g/mol. The van der Waals surface area contributed by atoms with Crippen LogP contribution in [-0.4, -0.2) is 20.1 Å². The number of ether oxygens (including phenoxy) is 2. The lowest BCUT2D eigenvalue weighted by Gasteiger charge is -2.16. The van der Waals surface area contributed by atoms with Crippen molar-refractivity contribution in [2.45, 2.75) is 26.8 Å². The van der Waals surface area contributed by atoms with Crippen LogP contribution in [-0.2, 0) is 0 Å². The predicted octanol–water partition coefficient (Wildman–Crippen LogP) is 3.81. The Balaban J connectivity index is 2.19. The van der Waals surface area contributed by atoms with E-state index in [0.717, 1.165) is 5.56 Å². The molecule has 0 aliphatic heterocycles. The zero-order valence-electron chi connectivity index (χ0n) is 14.3. The fourth-order valence-corrected chi connectivity index (χ4v) is 2.34. The number of hydrogen-bond acceptors (Lipinski definition) is 3. The van der Waals surface area contributed by atoms with Gasteiger partial charge in [-0.3, -0.25) is 4.79 Å². The van der Waals surface area contributed by atoms with Gasteiger partial charge < -0.3 is 14.8 Å². The Hall–Kier alpha value is -2.49. The van der Waals surface area contributed by atoms with Crippen molar-refractivity contribution in [1.29, 1.82) is 0 Å². The third-order valence-corrected chi connectivity index (χ3v) is 3.99. The standard InChI is InChI=1S/C19H23NO3/c1-12-6-7-15(8-13(12)2)14(3)20-19(21)16-9-17(22-4)11-18(10-16)23-5/h6-11,14H,1-5H3,(H,20,21)/t14-/m1/s1. The number of benzene rings is 2. The quantitative estimate of drug-likeness (QED) is 0.913. The highest BCUT2D eigenvalue weighted by molar-refractivity contribution is 5.95. The van der Waals surface area contributed by atoms with Crippen molar-refractivity contribution in [3.05, 3.63) is 58.7 Å². The summed E-state index contributed by atoms with van der Waals surface area (Å²) in [5, 5.41) is 3.01. The topological polar surface area (TPSA) is 47.6 Å². The second-order valence-electron chi connectivity index (χ2n) is 5.64. The van der Waals surface area contributed by atoms with Crippen LogP contribution in [0, 0.1) is 13.8 Å². The third-order valence-electron chi connectivity index (χ3n) is 3.99. The summed E-state index contributed by atoms with van der Waals surface area (Å²) in [5.74, 6) is 1.02. The molecule has 0 spiro atoms. The average molecular weight is 313 g/mol. The first-order chi connectivity index (χ1) is 10.9. The Bertz CT molecular complexity index is 688. The van der Waals surface area contributed by atoms with Crippen molar-refractivity contribution >= 4 is 5.91 Å². The molecule has 0 unspecified atom stereocenters. The second-order valence-corrected chi connectivity index (χ2v) is 5.64. The largest absolute Gasteiger partial charge is 0.497 e. The maximum atomic E-state index is 12.5. The van der Waals surface area contributed by atoms with Crippen LogP contribution in [0.5, 0.6) is 11.5 Å². The zero-order valence-corrected chi connectivity index (χ0v) is 14.3. The first-order valence-electron chi connectivity index (χ1n) is 7.55. The highest BCUT2D eigenvalue weighted by Crippen LogP contribution is 2.23. The molecule has 0 radical (unpaired) electrons. The predicted molar refractivity (Wildman–Crippen MR) is 91.3 cm³/mol. The molecule has 0 aliphatic rings. The van der Waals surface area contributed by atoms with Gasteiger partial charge in [0.15, 0.2) is 0 Å². The molecule has 0 fully saturated rings. The minimum absolute atomic E-state index is 0.0843. The number of nitrogens with one attached hydrogen (secondary N) is 1. The smallest absolute Gasteiger partial charge is 0.252 e. The van der Waals surface area contributed by atoms with E-state index in [9.17, 15) is 4.79 Å². The molecule has 0 bridgehead atoms. The van der Waals surface area contributed by atoms with Crippen LogP contribution < -0.4 is 14.8 Å². The third kappa shape index (κ3) is 4.03. The van der Waals surface area contributed by atoms with E-state index in [1.807, 2.05) is 13.0 Å². The lowest BCUT2D eigenvalue weighted by atomic mass is 10.0. The number of rotatable bonds is 5. The molecule has 23 heavy (non-hydrogen) atoms. The van der Waals surface area contributed by atoms with E-state index in [1.54, 1.807) is 32.4 Å². The minimum Gasteiger partial charge on any atom is -0.497 e. The first-order valence-corrected chi connectivity index (χ1v) is 7.55. The lowest BCUT2D eigenvalue weighted by Crippen LogP contribution is -2.26. The second kappa shape index (κ2) is 7.18. The molecule has 0 heterocycles. The molecule has 4 nitrogen and oxygen atoms in total. The van der Waals surface area contributed by atoms with E-state index in [4.69, 9.17) is 9.47 Å². The van der Waals surface area contributed by atoms with Gasteiger partial charge in [0.05, 0.1) is 20.3 Å². The fraction of sp³-hybridized carbons (Fsp3) is 0.316. The van der Waals surface area contributed by atoms with E-state index in [0.29, 0.717) is 17.1 Å². The molecular weight excluding hydrogens is 290 g/mol. The van der Waals surface area contributed by atoms with Gasteiger partial charge in [0.2, 0.25) is 0 Å². The normalized spacial score (nSPS) is 11.7. The van der Waals surface area contributed by atoms with Crippen molar-refractivity contribution in [2.24, 2.45) is 0 Å². The maximum Gasteiger partial charge on any atom is 0.252 e. The van der Waals surface area contributed by atoms with Gasteiger partial charge >= 0.3 is 0 Å². The molecule has 0 aliphatic carbocycles. The average Bonchev–Trinajstić information content (AvgIpc) is 2.56. The molecule has 1 atom stereocenters. The van der Waals surface area contributed by atoms with Gasteiger partial charge in [-0.1, -0.05) is 18.2 Å². The number of carbonyl (C=O) groups excluding carboxylic acids is 1. The molecule has 122 valence electrons. The van der Waals surface area contributed by atoms with Crippen molar-refractivity contribution in [2.75, 3.05) is 14.2 Å². The lowest BCUT2D eigenvalue weighted by molar-refractivity contribution is 0.0939. The highest BCUT2D eigenvalue weighted by atomic mass is 16.5. The van der Waals surface area contributed by atoms with Crippen molar-refractivity contribution in [3.63, 3.8) is 0 Å². The summed E-state index contributed by atoms with van der Waals surface area (Å²) in [6.07, 6.45) is 0. The number of amides is 1. The van der Waals surface area contributed by atoms with E-state index >= 15 is 0 Å². The van der Waals surface area contributed by atoms with Crippen LogP contribution in [0.1, 0.15) is 40.0 Å². The van der Waals surface area contributed by atoms with Gasteiger partial charge in [-0.15, -0.1) is 0 Å². The number of carbonyl (C=O) groups is 1. The van der Waals surface area contributed by atoms with Crippen LogP contribution in [0.4, 0.5) is 0 Å². The van der Waals surface area contributed by atoms with Crippen molar-refractivity contribution in [3.8, 4) is 11.5 Å². The summed E-state index contributed by atoms with van der Waals surface area (Å²) < 4.78 is 10.4. The summed E-state index contributed by atoms with van der Waals surface area (Å²) in [7, 11) is 3.13. The van der Waals surface area contributed by atoms with Gasteiger partial charge in [0, 0.05) is 11.6 Å². The summed E-state index contributed by atoms with van der Waals surface area (Å²) in [5.41, 5.74) is 4.05. The summed E-state index contributed by atoms with van der Waals surface area (Å²) >= 11 is 0. The Labute approximate surface area is 137 Å². The van der Waals surface area contributed by atoms with Gasteiger partial charge in [-0.05, 0) is 49.6 Å². The first kappa shape index (κ1) is 16.9. The summed E-state index contributed by atoms with van der Waals surface area (Å²) in [4.78, 5) is 12.5. The van der Waals surface area contributed by atoms with E-state index in [1.165, 1.54) is 11.1 Å². The molecule has 2 aromatic carbocycles. The van der Waals surface area contributed by atoms with Crippen LogP contribution in [0.3, 0.4) is 0 Å². The van der Waals surface area contributed by atoms with E-state index < -0.39 is 0 Å². The number of aryl methyl sites for hydroxylation is 2. The van der Waals surface area contributed by atoms with Gasteiger partial charge in [0.25, 0.3) is 5.91 Å². The molecule has 4 heteroatoms. The number of hydrogen-bond donors (Lipinski definition) is 1. The summed E-state index contributed by atoms with van der Waals surface area (Å²) in [6.45, 7) is 6.12. The number of methoxy groups -OCH3 is 2. The van der Waals surface area contributed by atoms with Crippen LogP contribution in [0.15, 0.2) is 36.4 Å². The Morgan fingerprint density at radius 3 is 2.09 bits per heavy atom. The Kier molecular flexibility index (Phi) is 5.27. The minimum atomic E-state index is -0.159. The molecular formula is C19H23NO3. The van der Waals surface area contributed by atoms with Gasteiger partial charge in [-0.25, -0.2) is 0 Å². The highest BCUT2D eigenvalue weighted by Gasteiger charge is 2.14. The SMILES string of the molecule is COc1cc(OC)cc(C(=O)N[C@H](C)c2ccc(C)c(C)c2)c1. The Morgan fingerprint density at radius 2 is 1.57 bits per heavy atom. The molecule has 1 amide bonds. The molecule has 0 saturated carbocycles. The fourth-order valence-electron chi connectivity index (χ4n) is 2.34. The molecule has 0 aromatic heterocycles. The van der Waals surface area contributed by atoms with Crippen LogP contribution in [0.2, 0.25) is 0 Å². The van der Waals surface area contributed by atoms with Crippen molar-refractivity contribution in [1.82, 2.24) is 5.32 Å². The zero-order chi connectivity index (χ0) is 17.0. The molecule has 0 saturated heterocycles. The summed E-state index contributed by atoms with van der Waals surface area (Å²) in [6, 6.07) is 11.3. The van der Waals surface area contributed by atoms with Gasteiger partial charge in [0.1, 0.15) is 11.5 Å². The molecule has 2 aromatic rings. The van der Waals surface area contributed by atoms with Crippen molar-refractivity contribution < 1.29 is 14.3 Å². The maximum absolute atomic E-state index is 12.5. The van der Waals surface area contributed by atoms with E-state index in [2.05, 4.69) is 31.3 Å². The molecule has 2 rings (SSSR count).